The Morgan fingerprint density at radius 2 is 2.22 bits per heavy atom. The standard InChI is InChI=1S/C14H19N3S/c1-3-6-15-13(8-12-5-4-7-18-12)14-10-16-11(2)9-17-14/h4-5,7,9-10,13,15H,3,6,8H2,1-2H3. The SMILES string of the molecule is CCCNC(Cc1cccs1)c1cnc(C)cn1. The monoisotopic (exact) mass is 261 g/mol. The van der Waals surface area contributed by atoms with E-state index in [4.69, 9.17) is 0 Å². The van der Waals surface area contributed by atoms with Crippen molar-refractivity contribution in [2.75, 3.05) is 6.54 Å². The summed E-state index contributed by atoms with van der Waals surface area (Å²) < 4.78 is 0. The van der Waals surface area contributed by atoms with Crippen LogP contribution in [0.3, 0.4) is 0 Å². The highest BCUT2D eigenvalue weighted by molar-refractivity contribution is 7.09. The molecule has 1 atom stereocenters. The van der Waals surface area contributed by atoms with Crippen LogP contribution >= 0.6 is 11.3 Å². The molecule has 3 nitrogen and oxygen atoms in total. The first-order valence-corrected chi connectivity index (χ1v) is 7.22. The van der Waals surface area contributed by atoms with Gasteiger partial charge in [0, 0.05) is 17.5 Å². The summed E-state index contributed by atoms with van der Waals surface area (Å²) in [6.07, 6.45) is 5.83. The molecule has 18 heavy (non-hydrogen) atoms. The van der Waals surface area contributed by atoms with E-state index in [1.54, 1.807) is 11.3 Å². The van der Waals surface area contributed by atoms with E-state index < -0.39 is 0 Å². The first-order valence-electron chi connectivity index (χ1n) is 6.34. The summed E-state index contributed by atoms with van der Waals surface area (Å²) in [4.78, 5) is 10.2. The molecular formula is C14H19N3S. The first kappa shape index (κ1) is 13.2. The molecule has 0 radical (unpaired) electrons. The van der Waals surface area contributed by atoms with Crippen LogP contribution in [0, 0.1) is 6.92 Å². The average Bonchev–Trinajstić information content (AvgIpc) is 2.88. The molecule has 96 valence electrons. The van der Waals surface area contributed by atoms with Crippen LogP contribution in [-0.2, 0) is 6.42 Å². The van der Waals surface area contributed by atoms with Gasteiger partial charge in [-0.3, -0.25) is 9.97 Å². The van der Waals surface area contributed by atoms with Crippen LogP contribution in [0.1, 0.15) is 35.7 Å². The van der Waals surface area contributed by atoms with E-state index in [9.17, 15) is 0 Å². The van der Waals surface area contributed by atoms with E-state index in [-0.39, 0.29) is 6.04 Å². The molecule has 1 N–H and O–H groups in total. The van der Waals surface area contributed by atoms with Gasteiger partial charge in [0.2, 0.25) is 0 Å². The molecular weight excluding hydrogens is 242 g/mol. The molecule has 2 rings (SSSR count). The van der Waals surface area contributed by atoms with Crippen LogP contribution in [0.25, 0.3) is 0 Å². The van der Waals surface area contributed by atoms with Crippen molar-refractivity contribution in [2.24, 2.45) is 0 Å². The fourth-order valence-electron chi connectivity index (χ4n) is 1.81. The highest BCUT2D eigenvalue weighted by atomic mass is 32.1. The summed E-state index contributed by atoms with van der Waals surface area (Å²) in [7, 11) is 0. The van der Waals surface area contributed by atoms with Gasteiger partial charge in [0.05, 0.1) is 23.6 Å². The fraction of sp³-hybridized carbons (Fsp3) is 0.429. The molecule has 4 heteroatoms. The van der Waals surface area contributed by atoms with Gasteiger partial charge >= 0.3 is 0 Å². The van der Waals surface area contributed by atoms with Crippen molar-refractivity contribution in [3.63, 3.8) is 0 Å². The molecule has 2 aromatic heterocycles. The molecule has 0 aliphatic rings. The summed E-state index contributed by atoms with van der Waals surface area (Å²) in [5.41, 5.74) is 1.99. The maximum absolute atomic E-state index is 4.49. The topological polar surface area (TPSA) is 37.8 Å². The normalized spacial score (nSPS) is 12.6. The fourth-order valence-corrected chi connectivity index (χ4v) is 2.56. The van der Waals surface area contributed by atoms with Gasteiger partial charge in [0.25, 0.3) is 0 Å². The van der Waals surface area contributed by atoms with E-state index in [1.807, 2.05) is 19.3 Å². The molecule has 0 aliphatic heterocycles. The lowest BCUT2D eigenvalue weighted by atomic mass is 10.1. The number of aryl methyl sites for hydroxylation is 1. The molecule has 0 fully saturated rings. The van der Waals surface area contributed by atoms with Gasteiger partial charge in [0.15, 0.2) is 0 Å². The molecule has 0 saturated carbocycles. The highest BCUT2D eigenvalue weighted by Gasteiger charge is 2.13. The molecule has 0 aromatic carbocycles. The Bertz CT molecular complexity index is 450. The zero-order chi connectivity index (χ0) is 12.8. The Hall–Kier alpha value is -1.26. The summed E-state index contributed by atoms with van der Waals surface area (Å²) in [5.74, 6) is 0. The first-order chi connectivity index (χ1) is 8.79. The summed E-state index contributed by atoms with van der Waals surface area (Å²) >= 11 is 1.79. The van der Waals surface area contributed by atoms with Crippen LogP contribution in [0.15, 0.2) is 29.9 Å². The number of rotatable bonds is 6. The second-order valence-corrected chi connectivity index (χ2v) is 5.41. The number of hydrogen-bond acceptors (Lipinski definition) is 4. The highest BCUT2D eigenvalue weighted by Crippen LogP contribution is 2.19. The van der Waals surface area contributed by atoms with Gasteiger partial charge in [-0.25, -0.2) is 0 Å². The third-order valence-corrected chi connectivity index (χ3v) is 3.68. The predicted octanol–water partition coefficient (Wildman–Crippen LogP) is 3.13. The van der Waals surface area contributed by atoms with Crippen molar-refractivity contribution in [1.29, 1.82) is 0 Å². The second-order valence-electron chi connectivity index (χ2n) is 4.37. The molecule has 0 bridgehead atoms. The zero-order valence-corrected chi connectivity index (χ0v) is 11.7. The van der Waals surface area contributed by atoms with E-state index in [1.165, 1.54) is 4.88 Å². The van der Waals surface area contributed by atoms with E-state index >= 15 is 0 Å². The van der Waals surface area contributed by atoms with Crippen LogP contribution in [0.5, 0.6) is 0 Å². The minimum absolute atomic E-state index is 0.261. The Kier molecular flexibility index (Phi) is 4.84. The molecule has 2 aromatic rings. The molecule has 1 unspecified atom stereocenters. The molecule has 0 aliphatic carbocycles. The predicted molar refractivity (Wildman–Crippen MR) is 75.8 cm³/mol. The molecule has 0 saturated heterocycles. The molecule has 2 heterocycles. The van der Waals surface area contributed by atoms with Crippen molar-refractivity contribution >= 4 is 11.3 Å². The van der Waals surface area contributed by atoms with Crippen molar-refractivity contribution < 1.29 is 0 Å². The van der Waals surface area contributed by atoms with E-state index in [0.717, 1.165) is 30.8 Å². The second kappa shape index (κ2) is 6.61. The molecule has 0 amide bonds. The number of aromatic nitrogens is 2. The summed E-state index contributed by atoms with van der Waals surface area (Å²) in [5, 5.41) is 5.67. The third kappa shape index (κ3) is 3.62. The Labute approximate surface area is 112 Å². The average molecular weight is 261 g/mol. The van der Waals surface area contributed by atoms with Gasteiger partial charge in [-0.15, -0.1) is 11.3 Å². The van der Waals surface area contributed by atoms with Gasteiger partial charge in [-0.05, 0) is 31.3 Å². The maximum Gasteiger partial charge on any atom is 0.0759 e. The van der Waals surface area contributed by atoms with Crippen molar-refractivity contribution in [2.45, 2.75) is 32.7 Å². The minimum atomic E-state index is 0.261. The maximum atomic E-state index is 4.49. The number of nitrogens with one attached hydrogen (secondary N) is 1. The Morgan fingerprint density at radius 3 is 2.83 bits per heavy atom. The lowest BCUT2D eigenvalue weighted by Gasteiger charge is -2.17. The Balaban J connectivity index is 2.11. The summed E-state index contributed by atoms with van der Waals surface area (Å²) in [6, 6.07) is 4.53. The van der Waals surface area contributed by atoms with E-state index in [2.05, 4.69) is 39.7 Å². The quantitative estimate of drug-likeness (QED) is 0.868. The van der Waals surface area contributed by atoms with Gasteiger partial charge in [-0.2, -0.15) is 0 Å². The minimum Gasteiger partial charge on any atom is -0.308 e. The van der Waals surface area contributed by atoms with Crippen molar-refractivity contribution in [3.8, 4) is 0 Å². The van der Waals surface area contributed by atoms with Gasteiger partial charge < -0.3 is 5.32 Å². The number of hydrogen-bond donors (Lipinski definition) is 1. The lowest BCUT2D eigenvalue weighted by Crippen LogP contribution is -2.24. The van der Waals surface area contributed by atoms with Crippen molar-refractivity contribution in [3.05, 3.63) is 46.2 Å². The lowest BCUT2D eigenvalue weighted by molar-refractivity contribution is 0.518. The summed E-state index contributed by atoms with van der Waals surface area (Å²) in [6.45, 7) is 5.14. The van der Waals surface area contributed by atoms with E-state index in [0.29, 0.717) is 0 Å². The van der Waals surface area contributed by atoms with Crippen LogP contribution in [0.4, 0.5) is 0 Å². The van der Waals surface area contributed by atoms with Crippen LogP contribution < -0.4 is 5.32 Å². The third-order valence-electron chi connectivity index (χ3n) is 2.78. The van der Waals surface area contributed by atoms with Crippen LogP contribution in [-0.4, -0.2) is 16.5 Å². The van der Waals surface area contributed by atoms with Gasteiger partial charge in [0.1, 0.15) is 0 Å². The van der Waals surface area contributed by atoms with Crippen molar-refractivity contribution in [1.82, 2.24) is 15.3 Å². The number of nitrogens with zero attached hydrogens (tertiary/aromatic N) is 2. The Morgan fingerprint density at radius 1 is 1.33 bits per heavy atom. The molecule has 0 spiro atoms. The smallest absolute Gasteiger partial charge is 0.0759 e. The zero-order valence-electron chi connectivity index (χ0n) is 10.9. The van der Waals surface area contributed by atoms with Crippen LogP contribution in [0.2, 0.25) is 0 Å². The largest absolute Gasteiger partial charge is 0.308 e. The number of thiophene rings is 1. The van der Waals surface area contributed by atoms with Gasteiger partial charge in [-0.1, -0.05) is 13.0 Å².